The summed E-state index contributed by atoms with van der Waals surface area (Å²) in [5.41, 5.74) is 0.411. The summed E-state index contributed by atoms with van der Waals surface area (Å²) in [5, 5.41) is 10.8. The fraction of sp³-hybridized carbons (Fsp3) is 0.316. The van der Waals surface area contributed by atoms with Gasteiger partial charge in [0.15, 0.2) is 11.5 Å². The lowest BCUT2D eigenvalue weighted by Gasteiger charge is -2.23. The molecule has 0 aliphatic carbocycles. The number of halogens is 1. The fourth-order valence-electron chi connectivity index (χ4n) is 2.68. The number of amides is 1. The summed E-state index contributed by atoms with van der Waals surface area (Å²) in [6.07, 6.45) is 0.907. The number of nitro benzene ring substituents is 1. The zero-order valence-corrected chi connectivity index (χ0v) is 18.6. The zero-order valence-electron chi connectivity index (χ0n) is 17.0. The number of ether oxygens (including phenoxy) is 2. The molecule has 0 fully saturated rings. The molecule has 2 aromatic carbocycles. The van der Waals surface area contributed by atoms with Gasteiger partial charge in [0.1, 0.15) is 0 Å². The molecule has 0 spiro atoms. The van der Waals surface area contributed by atoms with E-state index in [-0.39, 0.29) is 47.5 Å². The van der Waals surface area contributed by atoms with Crippen LogP contribution in [0, 0.1) is 10.1 Å². The molecule has 0 bridgehead atoms. The highest BCUT2D eigenvalue weighted by Crippen LogP contribution is 2.30. The van der Waals surface area contributed by atoms with E-state index in [1.54, 1.807) is 6.07 Å². The van der Waals surface area contributed by atoms with Crippen molar-refractivity contribution in [2.75, 3.05) is 33.6 Å². The first-order chi connectivity index (χ1) is 14.6. The number of rotatable bonds is 10. The van der Waals surface area contributed by atoms with E-state index < -0.39 is 20.9 Å². The molecule has 0 heterocycles. The first-order valence-electron chi connectivity index (χ1n) is 8.84. The number of hydrogen-bond donors (Lipinski definition) is 0. The van der Waals surface area contributed by atoms with Gasteiger partial charge >= 0.3 is 10.1 Å². The molecule has 1 amide bonds. The summed E-state index contributed by atoms with van der Waals surface area (Å²) in [6, 6.07) is 8.21. The monoisotopic (exact) mass is 472 g/mol. The Kier molecular flexibility index (Phi) is 8.20. The van der Waals surface area contributed by atoms with E-state index in [2.05, 4.69) is 0 Å². The summed E-state index contributed by atoms with van der Waals surface area (Å²) in [6.45, 7) is 0.482. The largest absolute Gasteiger partial charge is 0.493 e. The Balaban J connectivity index is 2.36. The Morgan fingerprint density at radius 3 is 2.42 bits per heavy atom. The predicted octanol–water partition coefficient (Wildman–Crippen LogP) is 2.88. The van der Waals surface area contributed by atoms with Gasteiger partial charge < -0.3 is 18.6 Å². The molecule has 0 saturated heterocycles. The molecule has 2 aromatic rings. The molecule has 12 heteroatoms. The topological polar surface area (TPSA) is 125 Å². The fourth-order valence-corrected chi connectivity index (χ4v) is 3.40. The van der Waals surface area contributed by atoms with Crippen LogP contribution in [0.2, 0.25) is 5.02 Å². The van der Waals surface area contributed by atoms with Crippen LogP contribution in [0.3, 0.4) is 0 Å². The summed E-state index contributed by atoms with van der Waals surface area (Å²) < 4.78 is 38.2. The van der Waals surface area contributed by atoms with Crippen molar-refractivity contribution in [1.82, 2.24) is 4.90 Å². The van der Waals surface area contributed by atoms with Crippen molar-refractivity contribution in [3.63, 3.8) is 0 Å². The highest BCUT2D eigenvalue weighted by Gasteiger charge is 2.22. The predicted molar refractivity (Wildman–Crippen MR) is 113 cm³/mol. The molecule has 0 aliphatic rings. The Labute approximate surface area is 184 Å². The Bertz CT molecular complexity index is 1070. The van der Waals surface area contributed by atoms with Crippen LogP contribution in [-0.2, 0) is 21.4 Å². The van der Waals surface area contributed by atoms with Gasteiger partial charge in [-0.2, -0.15) is 8.42 Å². The second kappa shape index (κ2) is 10.4. The zero-order chi connectivity index (χ0) is 23.2. The van der Waals surface area contributed by atoms with E-state index >= 15 is 0 Å². The Hall–Kier alpha value is -2.89. The third-order valence-corrected chi connectivity index (χ3v) is 4.88. The van der Waals surface area contributed by atoms with E-state index in [9.17, 15) is 23.3 Å². The number of hydrogen-bond acceptors (Lipinski definition) is 8. The number of benzene rings is 2. The van der Waals surface area contributed by atoms with Crippen LogP contribution in [-0.4, -0.2) is 57.8 Å². The third kappa shape index (κ3) is 6.81. The standard InChI is InChI=1S/C19H21ClN2O8S/c1-28-9-8-21(19(23)15-6-5-14(22(24)25)11-16(15)20)12-13-4-7-17(29-2)18(10-13)30-31(3,26)27/h4-7,10-11H,8-9,12H2,1-3H3. The molecule has 0 saturated carbocycles. The Morgan fingerprint density at radius 2 is 1.87 bits per heavy atom. The van der Waals surface area contributed by atoms with E-state index in [4.69, 9.17) is 25.3 Å². The molecule has 0 aromatic heterocycles. The maximum Gasteiger partial charge on any atom is 0.306 e. The van der Waals surface area contributed by atoms with Gasteiger partial charge in [-0.15, -0.1) is 0 Å². The van der Waals surface area contributed by atoms with Gasteiger partial charge in [0.25, 0.3) is 11.6 Å². The van der Waals surface area contributed by atoms with Crippen molar-refractivity contribution < 1.29 is 31.8 Å². The average Bonchev–Trinajstić information content (AvgIpc) is 2.69. The second-order valence-electron chi connectivity index (χ2n) is 6.41. The van der Waals surface area contributed by atoms with Crippen LogP contribution in [0.25, 0.3) is 0 Å². The maximum absolute atomic E-state index is 13.1. The second-order valence-corrected chi connectivity index (χ2v) is 8.40. The minimum Gasteiger partial charge on any atom is -0.493 e. The van der Waals surface area contributed by atoms with Gasteiger partial charge in [-0.3, -0.25) is 14.9 Å². The number of non-ortho nitro benzene ring substituents is 1. The molecule has 0 unspecified atom stereocenters. The van der Waals surface area contributed by atoms with Gasteiger partial charge in [0.05, 0.1) is 35.5 Å². The van der Waals surface area contributed by atoms with Crippen LogP contribution in [0.5, 0.6) is 11.5 Å². The van der Waals surface area contributed by atoms with E-state index in [0.717, 1.165) is 12.3 Å². The van der Waals surface area contributed by atoms with Crippen LogP contribution in [0.1, 0.15) is 15.9 Å². The van der Waals surface area contributed by atoms with E-state index in [1.165, 1.54) is 43.4 Å². The van der Waals surface area contributed by atoms with E-state index in [0.29, 0.717) is 5.56 Å². The minimum atomic E-state index is -3.80. The highest BCUT2D eigenvalue weighted by atomic mass is 35.5. The molecule has 10 nitrogen and oxygen atoms in total. The van der Waals surface area contributed by atoms with Gasteiger partial charge in [-0.1, -0.05) is 17.7 Å². The summed E-state index contributed by atoms with van der Waals surface area (Å²) in [7, 11) is -0.949. The quantitative estimate of drug-likeness (QED) is 0.293. The summed E-state index contributed by atoms with van der Waals surface area (Å²) >= 11 is 6.10. The number of methoxy groups -OCH3 is 2. The lowest BCUT2D eigenvalue weighted by molar-refractivity contribution is -0.384. The number of carbonyl (C=O) groups is 1. The third-order valence-electron chi connectivity index (χ3n) is 4.09. The van der Waals surface area contributed by atoms with Crippen molar-refractivity contribution in [1.29, 1.82) is 0 Å². The first kappa shape index (κ1) is 24.4. The highest BCUT2D eigenvalue weighted by molar-refractivity contribution is 7.86. The average molecular weight is 473 g/mol. The SMILES string of the molecule is COCCN(Cc1ccc(OC)c(OS(C)(=O)=O)c1)C(=O)c1ccc([N+](=O)[O-])cc1Cl. The molecular weight excluding hydrogens is 452 g/mol. The first-order valence-corrected chi connectivity index (χ1v) is 11.0. The van der Waals surface area contributed by atoms with Crippen molar-refractivity contribution in [3.8, 4) is 11.5 Å². The van der Waals surface area contributed by atoms with Gasteiger partial charge in [0.2, 0.25) is 0 Å². The van der Waals surface area contributed by atoms with Crippen LogP contribution >= 0.6 is 11.6 Å². The molecule has 2 rings (SSSR count). The molecule has 0 aliphatic heterocycles. The van der Waals surface area contributed by atoms with Crippen molar-refractivity contribution in [2.24, 2.45) is 0 Å². The van der Waals surface area contributed by atoms with Crippen molar-refractivity contribution in [3.05, 3.63) is 62.7 Å². The normalized spacial score (nSPS) is 11.1. The summed E-state index contributed by atoms with van der Waals surface area (Å²) in [5.74, 6) is -0.282. The van der Waals surface area contributed by atoms with Crippen LogP contribution in [0.15, 0.2) is 36.4 Å². The van der Waals surface area contributed by atoms with E-state index in [1.807, 2.05) is 0 Å². The van der Waals surface area contributed by atoms with Crippen LogP contribution in [0.4, 0.5) is 5.69 Å². The van der Waals surface area contributed by atoms with Crippen molar-refractivity contribution in [2.45, 2.75) is 6.54 Å². The molecule has 0 N–H and O–H groups in total. The number of carbonyl (C=O) groups excluding carboxylic acids is 1. The Morgan fingerprint density at radius 1 is 1.16 bits per heavy atom. The van der Waals surface area contributed by atoms with Gasteiger partial charge in [-0.05, 0) is 23.8 Å². The van der Waals surface area contributed by atoms with Gasteiger partial charge in [0, 0.05) is 32.3 Å². The number of nitro groups is 1. The molecule has 31 heavy (non-hydrogen) atoms. The smallest absolute Gasteiger partial charge is 0.306 e. The van der Waals surface area contributed by atoms with Crippen LogP contribution < -0.4 is 8.92 Å². The maximum atomic E-state index is 13.1. The lowest BCUT2D eigenvalue weighted by Crippen LogP contribution is -2.33. The molecule has 0 radical (unpaired) electrons. The summed E-state index contributed by atoms with van der Waals surface area (Å²) in [4.78, 5) is 24.8. The van der Waals surface area contributed by atoms with Gasteiger partial charge in [-0.25, -0.2) is 0 Å². The van der Waals surface area contributed by atoms with Crippen molar-refractivity contribution >= 4 is 33.3 Å². The number of nitrogens with zero attached hydrogens (tertiary/aromatic N) is 2. The molecule has 168 valence electrons. The lowest BCUT2D eigenvalue weighted by atomic mass is 10.1. The minimum absolute atomic E-state index is 0.0185. The molecular formula is C19H21ClN2O8S. The molecule has 0 atom stereocenters.